The van der Waals surface area contributed by atoms with Crippen LogP contribution in [0.1, 0.15) is 5.56 Å². The molecule has 0 aromatic heterocycles. The number of benzene rings is 2. The van der Waals surface area contributed by atoms with Crippen molar-refractivity contribution in [1.82, 2.24) is 10.2 Å². The molecule has 2 aliphatic heterocycles. The van der Waals surface area contributed by atoms with Crippen molar-refractivity contribution in [2.45, 2.75) is 0 Å². The average Bonchev–Trinajstić information content (AvgIpc) is 2.73. The van der Waals surface area contributed by atoms with Gasteiger partial charge in [0.15, 0.2) is 0 Å². The number of aliphatic imine (C=N–C) groups is 1. The summed E-state index contributed by atoms with van der Waals surface area (Å²) < 4.78 is 0. The van der Waals surface area contributed by atoms with Crippen LogP contribution in [0.3, 0.4) is 0 Å². The SMILES string of the molecule is Oc1cc2c(cc1Cl)N=C(N1CCNCC1)c1ccccc1N2. The van der Waals surface area contributed by atoms with Crippen LogP contribution in [0.25, 0.3) is 0 Å². The third kappa shape index (κ3) is 2.62. The van der Waals surface area contributed by atoms with Gasteiger partial charge in [-0.1, -0.05) is 23.7 Å². The quantitative estimate of drug-likeness (QED) is 0.695. The first-order valence-corrected chi connectivity index (χ1v) is 8.03. The molecule has 118 valence electrons. The van der Waals surface area contributed by atoms with Gasteiger partial charge in [0, 0.05) is 43.5 Å². The molecule has 23 heavy (non-hydrogen) atoms. The first kappa shape index (κ1) is 14.4. The van der Waals surface area contributed by atoms with E-state index in [1.54, 1.807) is 12.1 Å². The molecule has 0 unspecified atom stereocenters. The van der Waals surface area contributed by atoms with E-state index >= 15 is 0 Å². The van der Waals surface area contributed by atoms with E-state index in [-0.39, 0.29) is 5.75 Å². The zero-order valence-corrected chi connectivity index (χ0v) is 13.3. The Hall–Kier alpha value is -2.24. The maximum atomic E-state index is 9.89. The number of phenolic OH excluding ortho intramolecular Hbond substituents is 1. The predicted octanol–water partition coefficient (Wildman–Crippen LogP) is 3.09. The zero-order chi connectivity index (χ0) is 15.8. The van der Waals surface area contributed by atoms with Crippen LogP contribution >= 0.6 is 11.6 Å². The van der Waals surface area contributed by atoms with Crippen molar-refractivity contribution < 1.29 is 5.11 Å². The topological polar surface area (TPSA) is 59.9 Å². The van der Waals surface area contributed by atoms with Gasteiger partial charge in [0.1, 0.15) is 11.6 Å². The van der Waals surface area contributed by atoms with E-state index in [0.717, 1.165) is 54.6 Å². The number of fused-ring (bicyclic) bond motifs is 2. The lowest BCUT2D eigenvalue weighted by Gasteiger charge is -2.30. The van der Waals surface area contributed by atoms with E-state index in [1.807, 2.05) is 18.2 Å². The molecule has 0 bridgehead atoms. The van der Waals surface area contributed by atoms with Gasteiger partial charge < -0.3 is 20.6 Å². The number of para-hydroxylation sites is 1. The average molecular weight is 329 g/mol. The number of anilines is 2. The van der Waals surface area contributed by atoms with E-state index < -0.39 is 0 Å². The number of nitrogens with one attached hydrogen (secondary N) is 2. The van der Waals surface area contributed by atoms with Crippen LogP contribution in [-0.4, -0.2) is 42.0 Å². The number of phenols is 1. The van der Waals surface area contributed by atoms with Crippen LogP contribution in [0, 0.1) is 0 Å². The smallest absolute Gasteiger partial charge is 0.138 e. The van der Waals surface area contributed by atoms with E-state index in [1.165, 1.54) is 0 Å². The van der Waals surface area contributed by atoms with E-state index in [9.17, 15) is 5.11 Å². The number of amidine groups is 1. The third-order valence-electron chi connectivity index (χ3n) is 4.15. The molecule has 2 aromatic rings. The second kappa shape index (κ2) is 5.76. The molecule has 5 nitrogen and oxygen atoms in total. The maximum absolute atomic E-state index is 9.89. The second-order valence-corrected chi connectivity index (χ2v) is 6.07. The van der Waals surface area contributed by atoms with Crippen LogP contribution in [0.5, 0.6) is 5.75 Å². The fraction of sp³-hybridized carbons (Fsp3) is 0.235. The molecule has 1 fully saturated rings. The Labute approximate surface area is 139 Å². The summed E-state index contributed by atoms with van der Waals surface area (Å²) in [5.74, 6) is 0.992. The molecule has 2 heterocycles. The molecule has 0 amide bonds. The highest BCUT2D eigenvalue weighted by atomic mass is 35.5. The van der Waals surface area contributed by atoms with Gasteiger partial charge in [-0.25, -0.2) is 4.99 Å². The summed E-state index contributed by atoms with van der Waals surface area (Å²) in [4.78, 5) is 7.15. The van der Waals surface area contributed by atoms with Crippen molar-refractivity contribution in [2.75, 3.05) is 31.5 Å². The Balaban J connectivity index is 1.89. The van der Waals surface area contributed by atoms with Crippen molar-refractivity contribution in [3.8, 4) is 5.75 Å². The van der Waals surface area contributed by atoms with Crippen LogP contribution < -0.4 is 10.6 Å². The third-order valence-corrected chi connectivity index (χ3v) is 4.45. The molecule has 0 radical (unpaired) electrons. The van der Waals surface area contributed by atoms with Crippen molar-refractivity contribution in [3.63, 3.8) is 0 Å². The fourth-order valence-corrected chi connectivity index (χ4v) is 3.13. The molecule has 3 N–H and O–H groups in total. The van der Waals surface area contributed by atoms with E-state index in [4.69, 9.17) is 16.6 Å². The minimum Gasteiger partial charge on any atom is -0.506 e. The van der Waals surface area contributed by atoms with Gasteiger partial charge in [-0.05, 0) is 18.2 Å². The first-order valence-electron chi connectivity index (χ1n) is 7.66. The first-order chi connectivity index (χ1) is 11.2. The predicted molar refractivity (Wildman–Crippen MR) is 93.5 cm³/mol. The van der Waals surface area contributed by atoms with Gasteiger partial charge >= 0.3 is 0 Å². The monoisotopic (exact) mass is 328 g/mol. The number of hydrogen-bond acceptors (Lipinski definition) is 5. The highest BCUT2D eigenvalue weighted by Crippen LogP contribution is 2.40. The lowest BCUT2D eigenvalue weighted by Crippen LogP contribution is -2.46. The lowest BCUT2D eigenvalue weighted by atomic mass is 10.1. The molecule has 4 rings (SSSR count). The molecule has 0 atom stereocenters. The Bertz CT molecular complexity index is 784. The normalized spacial score (nSPS) is 16.7. The minimum atomic E-state index is 0.0521. The summed E-state index contributed by atoms with van der Waals surface area (Å²) in [5, 5.41) is 16.9. The molecule has 2 aromatic carbocycles. The molecule has 0 aliphatic carbocycles. The minimum absolute atomic E-state index is 0.0521. The highest BCUT2D eigenvalue weighted by molar-refractivity contribution is 6.32. The Morgan fingerprint density at radius 3 is 2.70 bits per heavy atom. The fourth-order valence-electron chi connectivity index (χ4n) is 2.97. The van der Waals surface area contributed by atoms with Crippen molar-refractivity contribution in [1.29, 1.82) is 0 Å². The van der Waals surface area contributed by atoms with Gasteiger partial charge in [-0.2, -0.15) is 0 Å². The van der Waals surface area contributed by atoms with Gasteiger partial charge in [0.25, 0.3) is 0 Å². The molecular formula is C17H17ClN4O. The number of halogens is 1. The summed E-state index contributed by atoms with van der Waals surface area (Å²) in [5.41, 5.74) is 3.52. The van der Waals surface area contributed by atoms with Crippen LogP contribution in [0.2, 0.25) is 5.02 Å². The van der Waals surface area contributed by atoms with Crippen molar-refractivity contribution in [3.05, 3.63) is 47.0 Å². The number of rotatable bonds is 0. The van der Waals surface area contributed by atoms with Crippen LogP contribution in [0.15, 0.2) is 41.4 Å². The molecule has 0 spiro atoms. The summed E-state index contributed by atoms with van der Waals surface area (Å²) >= 11 is 6.07. The highest BCUT2D eigenvalue weighted by Gasteiger charge is 2.23. The summed E-state index contributed by atoms with van der Waals surface area (Å²) in [6.07, 6.45) is 0. The lowest BCUT2D eigenvalue weighted by molar-refractivity contribution is 0.358. The van der Waals surface area contributed by atoms with Gasteiger partial charge in [0.2, 0.25) is 0 Å². The van der Waals surface area contributed by atoms with Crippen molar-refractivity contribution >= 4 is 34.5 Å². The van der Waals surface area contributed by atoms with Gasteiger partial charge in [0.05, 0.1) is 16.4 Å². The second-order valence-electron chi connectivity index (χ2n) is 5.66. The van der Waals surface area contributed by atoms with Crippen LogP contribution in [-0.2, 0) is 0 Å². The molecule has 2 aliphatic rings. The van der Waals surface area contributed by atoms with Gasteiger partial charge in [-0.15, -0.1) is 0 Å². The number of hydrogen-bond donors (Lipinski definition) is 3. The molecule has 0 saturated carbocycles. The maximum Gasteiger partial charge on any atom is 0.138 e. The number of aromatic hydroxyl groups is 1. The summed E-state index contributed by atoms with van der Waals surface area (Å²) in [6, 6.07) is 11.4. The number of piperazine rings is 1. The van der Waals surface area contributed by atoms with E-state index in [2.05, 4.69) is 21.6 Å². The Morgan fingerprint density at radius 2 is 1.87 bits per heavy atom. The zero-order valence-electron chi connectivity index (χ0n) is 12.5. The molecular weight excluding hydrogens is 312 g/mol. The summed E-state index contributed by atoms with van der Waals surface area (Å²) in [7, 11) is 0. The summed E-state index contributed by atoms with van der Waals surface area (Å²) in [6.45, 7) is 3.71. The standard InChI is InChI=1S/C17H17ClN4O/c18-12-9-14-15(10-16(12)23)20-13-4-2-1-3-11(13)17(21-14)22-7-5-19-6-8-22/h1-4,9-10,19-20,23H,5-8H2. The Morgan fingerprint density at radius 1 is 1.09 bits per heavy atom. The number of nitrogens with zero attached hydrogens (tertiary/aromatic N) is 2. The molecule has 1 saturated heterocycles. The van der Waals surface area contributed by atoms with E-state index in [0.29, 0.717) is 5.02 Å². The van der Waals surface area contributed by atoms with Crippen LogP contribution in [0.4, 0.5) is 17.1 Å². The molecule has 6 heteroatoms. The largest absolute Gasteiger partial charge is 0.506 e. The van der Waals surface area contributed by atoms with Gasteiger partial charge in [-0.3, -0.25) is 0 Å². The Kier molecular flexibility index (Phi) is 3.59. The van der Waals surface area contributed by atoms with Crippen molar-refractivity contribution in [2.24, 2.45) is 4.99 Å².